The van der Waals surface area contributed by atoms with Crippen LogP contribution in [0.4, 0.5) is 11.4 Å². The summed E-state index contributed by atoms with van der Waals surface area (Å²) in [7, 11) is 0. The van der Waals surface area contributed by atoms with Crippen molar-refractivity contribution in [2.45, 2.75) is 52.4 Å². The van der Waals surface area contributed by atoms with E-state index in [0.717, 1.165) is 35.6 Å². The van der Waals surface area contributed by atoms with Crippen LogP contribution < -0.4 is 0 Å². The molecular weight excluding hydrogens is 351 g/mol. The van der Waals surface area contributed by atoms with E-state index in [0.29, 0.717) is 0 Å². The summed E-state index contributed by atoms with van der Waals surface area (Å²) in [5, 5.41) is 0. The number of hydrogen-bond acceptors (Lipinski definition) is 2. The van der Waals surface area contributed by atoms with E-state index in [4.69, 9.17) is 9.98 Å². The zero-order valence-electron chi connectivity index (χ0n) is 15.2. The SMILES string of the molecule is CCCCCCC(=N\c1ccccc1)/C(CC)=N/c1ccccc1.[Ni]. The number of aliphatic imine (C=N–C) groups is 2. The minimum atomic E-state index is 0. The van der Waals surface area contributed by atoms with Gasteiger partial charge in [0.25, 0.3) is 0 Å². The normalized spacial score (nSPS) is 11.9. The summed E-state index contributed by atoms with van der Waals surface area (Å²) >= 11 is 0. The second-order valence-corrected chi connectivity index (χ2v) is 5.95. The zero-order valence-corrected chi connectivity index (χ0v) is 16.2. The van der Waals surface area contributed by atoms with Crippen molar-refractivity contribution in [2.24, 2.45) is 9.98 Å². The Bertz CT molecular complexity index is 648. The summed E-state index contributed by atoms with van der Waals surface area (Å²) in [5.74, 6) is 0. The first-order valence-electron chi connectivity index (χ1n) is 9.09. The van der Waals surface area contributed by atoms with Gasteiger partial charge in [0, 0.05) is 16.5 Å². The molecule has 0 aliphatic rings. The number of nitrogens with zero attached hydrogens (tertiary/aromatic N) is 2. The first-order chi connectivity index (χ1) is 11.8. The fraction of sp³-hybridized carbons (Fsp3) is 0.364. The molecule has 0 aromatic heterocycles. The third kappa shape index (κ3) is 7.79. The summed E-state index contributed by atoms with van der Waals surface area (Å²) in [6.45, 7) is 4.40. The molecule has 0 heterocycles. The summed E-state index contributed by atoms with van der Waals surface area (Å²) in [4.78, 5) is 9.77. The first kappa shape index (κ1) is 21.3. The van der Waals surface area contributed by atoms with Crippen molar-refractivity contribution in [2.75, 3.05) is 0 Å². The molecule has 0 N–H and O–H groups in total. The second-order valence-electron chi connectivity index (χ2n) is 5.95. The maximum absolute atomic E-state index is 4.91. The molecule has 0 fully saturated rings. The van der Waals surface area contributed by atoms with Gasteiger partial charge in [-0.1, -0.05) is 69.5 Å². The average molecular weight is 379 g/mol. The fourth-order valence-corrected chi connectivity index (χ4v) is 2.65. The van der Waals surface area contributed by atoms with Crippen LogP contribution in [0.1, 0.15) is 52.4 Å². The predicted molar refractivity (Wildman–Crippen MR) is 106 cm³/mol. The van der Waals surface area contributed by atoms with E-state index in [2.05, 4.69) is 26.0 Å². The van der Waals surface area contributed by atoms with E-state index in [1.807, 2.05) is 48.5 Å². The van der Waals surface area contributed by atoms with Gasteiger partial charge < -0.3 is 0 Å². The molecule has 2 aromatic rings. The van der Waals surface area contributed by atoms with Gasteiger partial charge in [0.05, 0.1) is 22.8 Å². The molecule has 2 aromatic carbocycles. The second kappa shape index (κ2) is 12.6. The van der Waals surface area contributed by atoms with Gasteiger partial charge in [-0.25, -0.2) is 0 Å². The molecule has 0 saturated carbocycles. The van der Waals surface area contributed by atoms with E-state index in [-0.39, 0.29) is 16.5 Å². The summed E-state index contributed by atoms with van der Waals surface area (Å²) in [6, 6.07) is 20.4. The van der Waals surface area contributed by atoms with E-state index in [9.17, 15) is 0 Å². The Morgan fingerprint density at radius 3 is 1.68 bits per heavy atom. The number of rotatable bonds is 9. The summed E-state index contributed by atoms with van der Waals surface area (Å²) in [6.07, 6.45) is 6.86. The molecule has 25 heavy (non-hydrogen) atoms. The third-order valence-electron chi connectivity index (χ3n) is 3.98. The van der Waals surface area contributed by atoms with E-state index < -0.39 is 0 Å². The van der Waals surface area contributed by atoms with Crippen LogP contribution in [-0.4, -0.2) is 11.4 Å². The summed E-state index contributed by atoms with van der Waals surface area (Å²) < 4.78 is 0. The van der Waals surface area contributed by atoms with Crippen molar-refractivity contribution < 1.29 is 16.5 Å². The van der Waals surface area contributed by atoms with E-state index >= 15 is 0 Å². The topological polar surface area (TPSA) is 24.7 Å². The molecule has 0 radical (unpaired) electrons. The van der Waals surface area contributed by atoms with Crippen molar-refractivity contribution in [3.63, 3.8) is 0 Å². The standard InChI is InChI=1S/C22H28N2.Ni/c1-3-5-6-13-18-22(24-20-16-11-8-12-17-20)21(4-2)23-19-14-9-7-10-15-19;/h7-12,14-17H,3-6,13,18H2,1-2H3;/b23-21+,24-22+;. The molecule has 0 aliphatic heterocycles. The molecule has 0 unspecified atom stereocenters. The molecule has 0 atom stereocenters. The van der Waals surface area contributed by atoms with Crippen LogP contribution in [0, 0.1) is 0 Å². The predicted octanol–water partition coefficient (Wildman–Crippen LogP) is 6.91. The van der Waals surface area contributed by atoms with Crippen molar-refractivity contribution >= 4 is 22.8 Å². The first-order valence-corrected chi connectivity index (χ1v) is 9.09. The Labute approximate surface area is 162 Å². The van der Waals surface area contributed by atoms with Crippen LogP contribution in [0.15, 0.2) is 70.6 Å². The van der Waals surface area contributed by atoms with Gasteiger partial charge in [-0.2, -0.15) is 0 Å². The molecule has 0 aliphatic carbocycles. The van der Waals surface area contributed by atoms with Crippen molar-refractivity contribution in [3.05, 3.63) is 60.7 Å². The number of unbranched alkanes of at least 4 members (excludes halogenated alkanes) is 3. The Kier molecular flexibility index (Phi) is 10.8. The van der Waals surface area contributed by atoms with Crippen LogP contribution in [-0.2, 0) is 16.5 Å². The van der Waals surface area contributed by atoms with Crippen LogP contribution in [0.2, 0.25) is 0 Å². The monoisotopic (exact) mass is 378 g/mol. The minimum absolute atomic E-state index is 0. The Hall–Kier alpha value is -1.73. The molecule has 2 nitrogen and oxygen atoms in total. The van der Waals surface area contributed by atoms with Gasteiger partial charge in [-0.05, 0) is 43.5 Å². The maximum atomic E-state index is 4.91. The maximum Gasteiger partial charge on any atom is 0.0633 e. The largest absolute Gasteiger partial charge is 0.252 e. The van der Waals surface area contributed by atoms with Crippen molar-refractivity contribution in [1.29, 1.82) is 0 Å². The molecular formula is C22H28N2Ni. The van der Waals surface area contributed by atoms with E-state index in [1.54, 1.807) is 0 Å². The van der Waals surface area contributed by atoms with Crippen LogP contribution >= 0.6 is 0 Å². The van der Waals surface area contributed by atoms with Gasteiger partial charge in [-0.3, -0.25) is 9.98 Å². The van der Waals surface area contributed by atoms with E-state index in [1.165, 1.54) is 25.7 Å². The number of para-hydroxylation sites is 2. The van der Waals surface area contributed by atoms with Gasteiger partial charge >= 0.3 is 0 Å². The Balaban J connectivity index is 0.00000312. The quantitative estimate of drug-likeness (QED) is 0.257. The number of benzene rings is 2. The van der Waals surface area contributed by atoms with Gasteiger partial charge in [-0.15, -0.1) is 0 Å². The minimum Gasteiger partial charge on any atom is -0.252 e. The van der Waals surface area contributed by atoms with Crippen LogP contribution in [0.25, 0.3) is 0 Å². The molecule has 0 bridgehead atoms. The van der Waals surface area contributed by atoms with Crippen LogP contribution in [0.3, 0.4) is 0 Å². The Morgan fingerprint density at radius 2 is 1.20 bits per heavy atom. The number of hydrogen-bond donors (Lipinski definition) is 0. The molecule has 0 spiro atoms. The van der Waals surface area contributed by atoms with Crippen molar-refractivity contribution in [3.8, 4) is 0 Å². The molecule has 3 heteroatoms. The van der Waals surface area contributed by atoms with Gasteiger partial charge in [0.15, 0.2) is 0 Å². The van der Waals surface area contributed by atoms with Crippen LogP contribution in [0.5, 0.6) is 0 Å². The smallest absolute Gasteiger partial charge is 0.0633 e. The van der Waals surface area contributed by atoms with Gasteiger partial charge in [0.1, 0.15) is 0 Å². The third-order valence-corrected chi connectivity index (χ3v) is 3.98. The summed E-state index contributed by atoms with van der Waals surface area (Å²) in [5.41, 5.74) is 4.24. The van der Waals surface area contributed by atoms with Crippen molar-refractivity contribution in [1.82, 2.24) is 0 Å². The molecule has 2 rings (SSSR count). The zero-order chi connectivity index (χ0) is 17.0. The van der Waals surface area contributed by atoms with Gasteiger partial charge in [0.2, 0.25) is 0 Å². The molecule has 0 saturated heterocycles. The Morgan fingerprint density at radius 1 is 0.680 bits per heavy atom. The average Bonchev–Trinajstić information content (AvgIpc) is 2.64. The molecule has 136 valence electrons. The fourth-order valence-electron chi connectivity index (χ4n) is 2.65. The molecule has 0 amide bonds.